The molecule has 0 radical (unpaired) electrons. The van der Waals surface area contributed by atoms with Gasteiger partial charge in [-0.15, -0.1) is 0 Å². The molecule has 0 aliphatic heterocycles. The third kappa shape index (κ3) is 1.29. The molecule has 0 unspecified atom stereocenters. The van der Waals surface area contributed by atoms with Crippen molar-refractivity contribution in [3.63, 3.8) is 0 Å². The van der Waals surface area contributed by atoms with Crippen LogP contribution in [0.15, 0.2) is 0 Å². The van der Waals surface area contributed by atoms with Gasteiger partial charge in [-0.2, -0.15) is 0 Å². The first-order chi connectivity index (χ1) is 4.43. The van der Waals surface area contributed by atoms with Crippen molar-refractivity contribution in [1.29, 1.82) is 0 Å². The average Bonchev–Trinajstić information content (AvgIpc) is 2.35. The zero-order valence-corrected chi connectivity index (χ0v) is 6.26. The van der Waals surface area contributed by atoms with Crippen LogP contribution in [0.3, 0.4) is 0 Å². The van der Waals surface area contributed by atoms with Gasteiger partial charge in [0.2, 0.25) is 0 Å². The summed E-state index contributed by atoms with van der Waals surface area (Å²) in [6.07, 6.45) is 1.36. The summed E-state index contributed by atoms with van der Waals surface area (Å²) >= 11 is 0. The lowest BCUT2D eigenvalue weighted by molar-refractivity contribution is -0.138. The van der Waals surface area contributed by atoms with Crippen LogP contribution in [-0.4, -0.2) is 31.0 Å². The van der Waals surface area contributed by atoms with Crippen LogP contribution in [0.1, 0.15) is 6.42 Å². The minimum atomic E-state index is -3.10. The Balaban J connectivity index is 2.64. The summed E-state index contributed by atoms with van der Waals surface area (Å²) in [5, 5.41) is 7.70. The van der Waals surface area contributed by atoms with Crippen molar-refractivity contribution in [3.8, 4) is 0 Å². The van der Waals surface area contributed by atoms with Crippen molar-refractivity contribution in [2.24, 2.45) is 5.92 Å². The Labute approximate surface area is 58.8 Å². The zero-order valence-electron chi connectivity index (χ0n) is 5.44. The van der Waals surface area contributed by atoms with E-state index in [1.807, 2.05) is 0 Å². The number of aliphatic carboxylic acids is 1. The third-order valence-corrected chi connectivity index (χ3v) is 3.22. The van der Waals surface area contributed by atoms with Gasteiger partial charge in [0.1, 0.15) is 0 Å². The van der Waals surface area contributed by atoms with Gasteiger partial charge in [-0.1, -0.05) is 0 Å². The summed E-state index contributed by atoms with van der Waals surface area (Å²) < 4.78 is 21.3. The van der Waals surface area contributed by atoms with E-state index in [1.165, 1.54) is 0 Å². The van der Waals surface area contributed by atoms with E-state index < -0.39 is 27.0 Å². The average molecular weight is 164 g/mol. The molecule has 0 aromatic heterocycles. The van der Waals surface area contributed by atoms with Gasteiger partial charge in [0.15, 0.2) is 9.84 Å². The van der Waals surface area contributed by atoms with E-state index in [9.17, 15) is 13.2 Å². The molecule has 1 aliphatic carbocycles. The SMILES string of the molecule is CS(=O)(=O)[C@@H]1C[C@H]1C(=O)O. The van der Waals surface area contributed by atoms with Gasteiger partial charge in [0.25, 0.3) is 0 Å². The quantitative estimate of drug-likeness (QED) is 0.597. The number of hydrogen-bond acceptors (Lipinski definition) is 3. The van der Waals surface area contributed by atoms with Crippen molar-refractivity contribution in [3.05, 3.63) is 0 Å². The maximum Gasteiger partial charge on any atom is 0.307 e. The minimum absolute atomic E-state index is 0.286. The summed E-state index contributed by atoms with van der Waals surface area (Å²) in [4.78, 5) is 10.2. The molecule has 1 rings (SSSR count). The lowest BCUT2D eigenvalue weighted by atomic mass is 10.4. The first-order valence-corrected chi connectivity index (χ1v) is 4.80. The molecule has 1 saturated carbocycles. The van der Waals surface area contributed by atoms with Gasteiger partial charge in [0, 0.05) is 6.26 Å². The Morgan fingerprint density at radius 3 is 2.20 bits per heavy atom. The summed E-state index contributed by atoms with van der Waals surface area (Å²) in [5.74, 6) is -1.65. The Hall–Kier alpha value is -0.580. The van der Waals surface area contributed by atoms with E-state index in [4.69, 9.17) is 5.11 Å². The maximum absolute atomic E-state index is 10.6. The second-order valence-electron chi connectivity index (χ2n) is 2.55. The van der Waals surface area contributed by atoms with Crippen LogP contribution in [0, 0.1) is 5.92 Å². The lowest BCUT2D eigenvalue weighted by Crippen LogP contribution is -2.10. The number of carboxylic acid groups (broad SMARTS) is 1. The fraction of sp³-hybridized carbons (Fsp3) is 0.800. The van der Waals surface area contributed by atoms with E-state index in [0.717, 1.165) is 6.26 Å². The molecule has 1 N–H and O–H groups in total. The van der Waals surface area contributed by atoms with E-state index in [2.05, 4.69) is 0 Å². The highest BCUT2D eigenvalue weighted by molar-refractivity contribution is 7.91. The molecule has 0 bridgehead atoms. The summed E-state index contributed by atoms with van der Waals surface area (Å²) in [6.45, 7) is 0. The zero-order chi connectivity index (χ0) is 7.94. The molecule has 0 spiro atoms. The molecule has 0 saturated heterocycles. The fourth-order valence-electron chi connectivity index (χ4n) is 0.905. The van der Waals surface area contributed by atoms with E-state index >= 15 is 0 Å². The summed E-state index contributed by atoms with van der Waals surface area (Å²) in [6, 6.07) is 0. The molecule has 2 atom stereocenters. The van der Waals surface area contributed by atoms with Crippen molar-refractivity contribution in [1.82, 2.24) is 0 Å². The molecule has 0 aromatic carbocycles. The second-order valence-corrected chi connectivity index (χ2v) is 4.81. The minimum Gasteiger partial charge on any atom is -0.481 e. The van der Waals surface area contributed by atoms with Crippen LogP contribution < -0.4 is 0 Å². The molecular weight excluding hydrogens is 156 g/mol. The van der Waals surface area contributed by atoms with Crippen molar-refractivity contribution in [2.45, 2.75) is 11.7 Å². The molecule has 4 nitrogen and oxygen atoms in total. The van der Waals surface area contributed by atoms with Gasteiger partial charge in [0.05, 0.1) is 11.2 Å². The van der Waals surface area contributed by atoms with Crippen molar-refractivity contribution >= 4 is 15.8 Å². The van der Waals surface area contributed by atoms with Gasteiger partial charge in [-0.3, -0.25) is 4.79 Å². The van der Waals surface area contributed by atoms with Crippen molar-refractivity contribution in [2.75, 3.05) is 6.26 Å². The second kappa shape index (κ2) is 1.95. The Kier molecular flexibility index (Phi) is 1.47. The highest BCUT2D eigenvalue weighted by Gasteiger charge is 2.49. The maximum atomic E-state index is 10.6. The van der Waals surface area contributed by atoms with Crippen LogP contribution >= 0.6 is 0 Å². The molecule has 1 aliphatic rings. The Morgan fingerprint density at radius 2 is 2.10 bits per heavy atom. The van der Waals surface area contributed by atoms with E-state index in [1.54, 1.807) is 0 Å². The topological polar surface area (TPSA) is 71.4 Å². The molecule has 58 valence electrons. The number of hydrogen-bond donors (Lipinski definition) is 1. The summed E-state index contributed by atoms with van der Waals surface area (Å²) in [5.41, 5.74) is 0. The molecule has 0 heterocycles. The van der Waals surface area contributed by atoms with Crippen LogP contribution in [-0.2, 0) is 14.6 Å². The van der Waals surface area contributed by atoms with Crippen LogP contribution in [0.25, 0.3) is 0 Å². The standard InChI is InChI=1S/C5H8O4S/c1-10(8,9)4-2-3(4)5(6)7/h3-4H,2H2,1H3,(H,6,7)/t3-,4-/m1/s1. The van der Waals surface area contributed by atoms with Gasteiger partial charge in [-0.25, -0.2) is 8.42 Å². The highest BCUT2D eigenvalue weighted by atomic mass is 32.2. The molecule has 0 aromatic rings. The Bertz CT molecular complexity index is 253. The third-order valence-electron chi connectivity index (χ3n) is 1.60. The van der Waals surface area contributed by atoms with E-state index in [-0.39, 0.29) is 6.42 Å². The van der Waals surface area contributed by atoms with Gasteiger partial charge >= 0.3 is 5.97 Å². The normalized spacial score (nSPS) is 31.7. The lowest BCUT2D eigenvalue weighted by Gasteiger charge is -1.90. The van der Waals surface area contributed by atoms with E-state index in [0.29, 0.717) is 0 Å². The molecule has 10 heavy (non-hydrogen) atoms. The largest absolute Gasteiger partial charge is 0.481 e. The predicted octanol–water partition coefficient (Wildman–Crippen LogP) is -0.496. The van der Waals surface area contributed by atoms with Crippen LogP contribution in [0.4, 0.5) is 0 Å². The first-order valence-electron chi connectivity index (χ1n) is 2.84. The van der Waals surface area contributed by atoms with Gasteiger partial charge in [-0.05, 0) is 6.42 Å². The van der Waals surface area contributed by atoms with Crippen LogP contribution in [0.2, 0.25) is 0 Å². The smallest absolute Gasteiger partial charge is 0.307 e. The fourth-order valence-corrected chi connectivity index (χ4v) is 2.17. The summed E-state index contributed by atoms with van der Waals surface area (Å²) in [7, 11) is -3.10. The van der Waals surface area contributed by atoms with Crippen molar-refractivity contribution < 1.29 is 18.3 Å². The predicted molar refractivity (Wildman–Crippen MR) is 34.4 cm³/mol. The number of carbonyl (C=O) groups is 1. The van der Waals surface area contributed by atoms with Gasteiger partial charge < -0.3 is 5.11 Å². The molecular formula is C5H8O4S. The molecule has 5 heteroatoms. The monoisotopic (exact) mass is 164 g/mol. The highest BCUT2D eigenvalue weighted by Crippen LogP contribution is 2.36. The molecule has 0 amide bonds. The number of rotatable bonds is 2. The molecule has 1 fully saturated rings. The number of sulfone groups is 1. The van der Waals surface area contributed by atoms with Crippen LogP contribution in [0.5, 0.6) is 0 Å². The Morgan fingerprint density at radius 1 is 1.60 bits per heavy atom. The first kappa shape index (κ1) is 7.53. The number of carboxylic acids is 1.